The molecule has 0 saturated carbocycles. The molecule has 1 aromatic carbocycles. The molecule has 1 fully saturated rings. The van der Waals surface area contributed by atoms with Gasteiger partial charge < -0.3 is 16.0 Å². The summed E-state index contributed by atoms with van der Waals surface area (Å²) < 4.78 is 0. The van der Waals surface area contributed by atoms with Crippen LogP contribution in [0.25, 0.3) is 16.8 Å². The van der Waals surface area contributed by atoms with Crippen LogP contribution >= 0.6 is 0 Å². The van der Waals surface area contributed by atoms with E-state index in [1.54, 1.807) is 19.2 Å². The molecule has 3 heterocycles. The van der Waals surface area contributed by atoms with E-state index in [1.165, 1.54) is 11.1 Å². The van der Waals surface area contributed by atoms with Gasteiger partial charge in [0, 0.05) is 24.2 Å². The fourth-order valence-corrected chi connectivity index (χ4v) is 4.56. The summed E-state index contributed by atoms with van der Waals surface area (Å²) in [6.45, 7) is 7.56. The monoisotopic (exact) mass is 506 g/mol. The van der Waals surface area contributed by atoms with Crippen LogP contribution in [0.5, 0.6) is 0 Å². The number of aromatic nitrogens is 1. The molecule has 10 nitrogen and oxygen atoms in total. The average Bonchev–Trinajstić information content (AvgIpc) is 2.88. The Kier molecular flexibility index (Phi) is 7.87. The maximum Gasteiger partial charge on any atom is 0.258 e. The van der Waals surface area contributed by atoms with Crippen LogP contribution in [0.1, 0.15) is 57.8 Å². The van der Waals surface area contributed by atoms with Crippen LogP contribution in [0.2, 0.25) is 0 Å². The SMILES string of the molecule is CC1NC(=O)[C@@H]2CCCN(N2)C(=O)[C@H](C)NC(=O)[C@H](C(C)C)NC(=O)/C=C\c2cc3cc1ccc3cn2. The molecule has 0 radical (unpaired) electrons. The molecule has 1 unspecified atom stereocenters. The smallest absolute Gasteiger partial charge is 0.258 e. The van der Waals surface area contributed by atoms with Crippen LogP contribution in [-0.2, 0) is 19.2 Å². The summed E-state index contributed by atoms with van der Waals surface area (Å²) in [5.74, 6) is -1.65. The summed E-state index contributed by atoms with van der Waals surface area (Å²) in [6, 6.07) is 5.23. The molecule has 37 heavy (non-hydrogen) atoms. The molecule has 4 amide bonds. The first-order chi connectivity index (χ1) is 17.6. The van der Waals surface area contributed by atoms with Crippen molar-refractivity contribution in [1.82, 2.24) is 31.4 Å². The zero-order valence-electron chi connectivity index (χ0n) is 21.6. The lowest BCUT2D eigenvalue weighted by Gasteiger charge is -2.35. The molecule has 0 spiro atoms. The van der Waals surface area contributed by atoms with Crippen molar-refractivity contribution in [2.75, 3.05) is 6.54 Å². The number of hydrogen-bond acceptors (Lipinski definition) is 6. The molecule has 2 aliphatic heterocycles. The Bertz CT molecular complexity index is 1240. The second-order valence-electron chi connectivity index (χ2n) is 10.1. The topological polar surface area (TPSA) is 133 Å². The van der Waals surface area contributed by atoms with E-state index in [2.05, 4.69) is 26.4 Å². The first-order valence-electron chi connectivity index (χ1n) is 12.7. The molecule has 4 atom stereocenters. The molecule has 1 saturated heterocycles. The van der Waals surface area contributed by atoms with Gasteiger partial charge in [-0.3, -0.25) is 29.2 Å². The highest BCUT2D eigenvalue weighted by molar-refractivity contribution is 5.97. The number of benzene rings is 1. The molecule has 196 valence electrons. The molecule has 10 heteroatoms. The van der Waals surface area contributed by atoms with Crippen LogP contribution < -0.4 is 21.4 Å². The number of rotatable bonds is 1. The van der Waals surface area contributed by atoms with Crippen LogP contribution in [0.4, 0.5) is 0 Å². The van der Waals surface area contributed by atoms with Gasteiger partial charge in [0.1, 0.15) is 18.1 Å². The Balaban J connectivity index is 1.68. The quantitative estimate of drug-likeness (QED) is 0.464. The van der Waals surface area contributed by atoms with E-state index in [9.17, 15) is 19.2 Å². The summed E-state index contributed by atoms with van der Waals surface area (Å²) in [7, 11) is 0. The van der Waals surface area contributed by atoms with Crippen molar-refractivity contribution in [2.45, 2.75) is 64.7 Å². The van der Waals surface area contributed by atoms with Crippen molar-refractivity contribution in [2.24, 2.45) is 5.92 Å². The number of nitrogens with one attached hydrogen (secondary N) is 4. The van der Waals surface area contributed by atoms with Crippen LogP contribution in [0.3, 0.4) is 0 Å². The molecule has 2 aromatic rings. The third-order valence-corrected chi connectivity index (χ3v) is 6.78. The van der Waals surface area contributed by atoms with E-state index in [0.717, 1.165) is 16.3 Å². The summed E-state index contributed by atoms with van der Waals surface area (Å²) in [4.78, 5) is 56.2. The van der Waals surface area contributed by atoms with Crippen LogP contribution in [0, 0.1) is 5.92 Å². The Labute approximate surface area is 216 Å². The summed E-state index contributed by atoms with van der Waals surface area (Å²) >= 11 is 0. The predicted octanol–water partition coefficient (Wildman–Crippen LogP) is 1.58. The molecule has 1 aromatic heterocycles. The van der Waals surface area contributed by atoms with E-state index in [0.29, 0.717) is 25.1 Å². The van der Waals surface area contributed by atoms with Crippen molar-refractivity contribution in [3.8, 4) is 0 Å². The highest BCUT2D eigenvalue weighted by atomic mass is 16.2. The third-order valence-electron chi connectivity index (χ3n) is 6.78. The fraction of sp³-hybridized carbons (Fsp3) is 0.444. The van der Waals surface area contributed by atoms with E-state index < -0.39 is 29.9 Å². The average molecular weight is 507 g/mol. The van der Waals surface area contributed by atoms with Gasteiger partial charge >= 0.3 is 0 Å². The molecular formula is C27H34N6O4. The number of carbonyl (C=O) groups is 4. The van der Waals surface area contributed by atoms with Gasteiger partial charge in [-0.05, 0) is 61.8 Å². The maximum atomic E-state index is 13.1. The number of pyridine rings is 1. The van der Waals surface area contributed by atoms with E-state index in [-0.39, 0.29) is 23.8 Å². The standard InChI is InChI=1S/C27H34N6O4/c1-15(2)24-26(36)30-17(4)27(37)33-11-5-6-22(32-33)25(35)29-16(3)18-7-8-19-14-28-21(13-20(19)12-18)9-10-23(34)31-24/h7-10,12-17,22,24,32H,5-6,11H2,1-4H3,(H,29,35)(H,30,36)(H,31,34)/b10-9-/t16?,17-,22-,24-/m0/s1. The van der Waals surface area contributed by atoms with Crippen molar-refractivity contribution < 1.29 is 19.2 Å². The molecule has 5 bridgehead atoms. The van der Waals surface area contributed by atoms with Gasteiger partial charge in [0.15, 0.2) is 0 Å². The van der Waals surface area contributed by atoms with Gasteiger partial charge in [0.05, 0.1) is 11.7 Å². The van der Waals surface area contributed by atoms with Crippen molar-refractivity contribution in [3.63, 3.8) is 0 Å². The molecule has 4 rings (SSSR count). The summed E-state index contributed by atoms with van der Waals surface area (Å²) in [5, 5.41) is 11.7. The van der Waals surface area contributed by atoms with Crippen molar-refractivity contribution in [3.05, 3.63) is 47.8 Å². The van der Waals surface area contributed by atoms with Gasteiger partial charge in [-0.2, -0.15) is 0 Å². The Morgan fingerprint density at radius 1 is 0.919 bits per heavy atom. The zero-order valence-corrected chi connectivity index (χ0v) is 21.6. The van der Waals surface area contributed by atoms with Crippen LogP contribution in [-0.4, -0.2) is 58.3 Å². The van der Waals surface area contributed by atoms with Crippen molar-refractivity contribution >= 4 is 40.5 Å². The number of hydrogen-bond donors (Lipinski definition) is 4. The minimum Gasteiger partial charge on any atom is -0.348 e. The second-order valence-corrected chi connectivity index (χ2v) is 10.1. The summed E-state index contributed by atoms with van der Waals surface area (Å²) in [5.41, 5.74) is 4.54. The molecule has 0 aliphatic carbocycles. The second kappa shape index (κ2) is 11.1. The maximum absolute atomic E-state index is 13.1. The number of hydrazine groups is 1. The Morgan fingerprint density at radius 3 is 2.43 bits per heavy atom. The Hall–Kier alpha value is -3.79. The van der Waals surface area contributed by atoms with Gasteiger partial charge in [0.2, 0.25) is 17.7 Å². The lowest BCUT2D eigenvalue weighted by Crippen LogP contribution is -2.61. The van der Waals surface area contributed by atoms with Gasteiger partial charge in [-0.25, -0.2) is 5.43 Å². The zero-order chi connectivity index (χ0) is 26.7. The largest absolute Gasteiger partial charge is 0.348 e. The predicted molar refractivity (Wildman–Crippen MR) is 140 cm³/mol. The number of fused-ring (bicyclic) bond motifs is 4. The van der Waals surface area contributed by atoms with Gasteiger partial charge in [-0.1, -0.05) is 26.0 Å². The normalized spacial score (nSPS) is 26.7. The summed E-state index contributed by atoms with van der Waals surface area (Å²) in [6.07, 6.45) is 5.90. The molecule has 2 aliphatic rings. The highest BCUT2D eigenvalue weighted by Gasteiger charge is 2.33. The van der Waals surface area contributed by atoms with Crippen molar-refractivity contribution in [1.29, 1.82) is 0 Å². The molecule has 4 N–H and O–H groups in total. The fourth-order valence-electron chi connectivity index (χ4n) is 4.56. The minimum atomic E-state index is -0.848. The number of nitrogens with zero attached hydrogens (tertiary/aromatic N) is 2. The van der Waals surface area contributed by atoms with E-state index in [1.807, 2.05) is 45.0 Å². The van der Waals surface area contributed by atoms with Gasteiger partial charge in [-0.15, -0.1) is 0 Å². The minimum absolute atomic E-state index is 0.197. The third kappa shape index (κ3) is 6.14. The highest BCUT2D eigenvalue weighted by Crippen LogP contribution is 2.22. The Morgan fingerprint density at radius 2 is 1.68 bits per heavy atom. The van der Waals surface area contributed by atoms with E-state index >= 15 is 0 Å². The first-order valence-corrected chi connectivity index (χ1v) is 12.7. The van der Waals surface area contributed by atoms with Crippen LogP contribution in [0.15, 0.2) is 36.5 Å². The first kappa shape index (κ1) is 26.3. The van der Waals surface area contributed by atoms with E-state index in [4.69, 9.17) is 0 Å². The lowest BCUT2D eigenvalue weighted by molar-refractivity contribution is -0.143. The molecular weight excluding hydrogens is 472 g/mol. The number of carbonyl (C=O) groups excluding carboxylic acids is 4. The van der Waals surface area contributed by atoms with Gasteiger partial charge in [0.25, 0.3) is 5.91 Å². The lowest BCUT2D eigenvalue weighted by atomic mass is 10.0. The number of amides is 4.